The number of esters is 1. The zero-order chi connectivity index (χ0) is 15.5. The summed E-state index contributed by atoms with van der Waals surface area (Å²) in [4.78, 5) is 23.1. The molecule has 1 aromatic carbocycles. The zero-order valence-corrected chi connectivity index (χ0v) is 12.8. The molecule has 0 spiro atoms. The van der Waals surface area contributed by atoms with Gasteiger partial charge in [-0.15, -0.1) is 0 Å². The summed E-state index contributed by atoms with van der Waals surface area (Å²) in [6.07, 6.45) is 4.49. The monoisotopic (exact) mass is 292 g/mol. The maximum atomic E-state index is 11.7. The predicted octanol–water partition coefficient (Wildman–Crippen LogP) is 3.57. The van der Waals surface area contributed by atoms with Gasteiger partial charge in [0.05, 0.1) is 12.2 Å². The zero-order valence-electron chi connectivity index (χ0n) is 12.8. The van der Waals surface area contributed by atoms with E-state index < -0.39 is 0 Å². The normalized spacial score (nSPS) is 10.0. The number of carbonyl (C=O) groups is 2. The quantitative estimate of drug-likeness (QED) is 0.568. The molecule has 5 nitrogen and oxygen atoms in total. The van der Waals surface area contributed by atoms with Crippen molar-refractivity contribution in [1.29, 1.82) is 0 Å². The van der Waals surface area contributed by atoms with E-state index in [0.29, 0.717) is 24.4 Å². The SMILES string of the molecule is CCCCCCNC(=O)Nc1ccc(C(=O)OCC)cc1. The molecule has 2 N–H and O–H groups in total. The first kappa shape index (κ1) is 17.0. The van der Waals surface area contributed by atoms with Gasteiger partial charge in [-0.05, 0) is 37.6 Å². The van der Waals surface area contributed by atoms with Crippen molar-refractivity contribution in [2.45, 2.75) is 39.5 Å². The summed E-state index contributed by atoms with van der Waals surface area (Å²) in [5, 5.41) is 5.53. The molecule has 1 rings (SSSR count). The summed E-state index contributed by atoms with van der Waals surface area (Å²) >= 11 is 0. The number of ether oxygens (including phenoxy) is 1. The van der Waals surface area contributed by atoms with Crippen molar-refractivity contribution in [2.24, 2.45) is 0 Å². The van der Waals surface area contributed by atoms with E-state index >= 15 is 0 Å². The molecular formula is C16H24N2O3. The maximum absolute atomic E-state index is 11.7. The van der Waals surface area contributed by atoms with Crippen molar-refractivity contribution in [3.8, 4) is 0 Å². The third kappa shape index (κ3) is 6.79. The van der Waals surface area contributed by atoms with Crippen LogP contribution >= 0.6 is 0 Å². The van der Waals surface area contributed by atoms with Crippen molar-refractivity contribution in [1.82, 2.24) is 5.32 Å². The van der Waals surface area contributed by atoms with Crippen LogP contribution in [0.15, 0.2) is 24.3 Å². The number of amides is 2. The molecule has 5 heteroatoms. The second-order valence-corrected chi connectivity index (χ2v) is 4.74. The minimum absolute atomic E-state index is 0.226. The van der Waals surface area contributed by atoms with Crippen LogP contribution in [0.3, 0.4) is 0 Å². The molecule has 0 saturated heterocycles. The van der Waals surface area contributed by atoms with E-state index in [1.807, 2.05) is 0 Å². The highest BCUT2D eigenvalue weighted by Crippen LogP contribution is 2.10. The van der Waals surface area contributed by atoms with Gasteiger partial charge in [0, 0.05) is 12.2 Å². The molecule has 0 aliphatic carbocycles. The van der Waals surface area contributed by atoms with Crippen LogP contribution in [0.2, 0.25) is 0 Å². The van der Waals surface area contributed by atoms with E-state index in [0.717, 1.165) is 12.8 Å². The van der Waals surface area contributed by atoms with Crippen molar-refractivity contribution in [2.75, 3.05) is 18.5 Å². The minimum atomic E-state index is -0.357. The third-order valence-corrected chi connectivity index (χ3v) is 2.97. The Bertz CT molecular complexity index is 443. The number of urea groups is 1. The highest BCUT2D eigenvalue weighted by Gasteiger charge is 2.06. The van der Waals surface area contributed by atoms with Crippen LogP contribution in [0.25, 0.3) is 0 Å². The first-order valence-electron chi connectivity index (χ1n) is 7.49. The highest BCUT2D eigenvalue weighted by atomic mass is 16.5. The molecule has 0 atom stereocenters. The fraction of sp³-hybridized carbons (Fsp3) is 0.500. The fourth-order valence-corrected chi connectivity index (χ4v) is 1.83. The Balaban J connectivity index is 2.34. The van der Waals surface area contributed by atoms with Gasteiger partial charge in [-0.3, -0.25) is 0 Å². The molecule has 0 unspecified atom stereocenters. The first-order chi connectivity index (χ1) is 10.2. The number of nitrogens with one attached hydrogen (secondary N) is 2. The van der Waals surface area contributed by atoms with E-state index in [4.69, 9.17) is 4.74 Å². The van der Waals surface area contributed by atoms with Crippen molar-refractivity contribution in [3.05, 3.63) is 29.8 Å². The molecule has 2 amide bonds. The molecule has 0 saturated carbocycles. The van der Waals surface area contributed by atoms with Gasteiger partial charge in [-0.25, -0.2) is 9.59 Å². The smallest absolute Gasteiger partial charge is 0.338 e. The van der Waals surface area contributed by atoms with Gasteiger partial charge in [0.2, 0.25) is 0 Å². The molecule has 0 radical (unpaired) electrons. The fourth-order valence-electron chi connectivity index (χ4n) is 1.83. The van der Waals surface area contributed by atoms with Gasteiger partial charge in [0.15, 0.2) is 0 Å². The lowest BCUT2D eigenvalue weighted by Crippen LogP contribution is -2.29. The van der Waals surface area contributed by atoms with Gasteiger partial charge in [0.1, 0.15) is 0 Å². The van der Waals surface area contributed by atoms with Crippen LogP contribution < -0.4 is 10.6 Å². The molecular weight excluding hydrogens is 268 g/mol. The Kier molecular flexibility index (Phi) is 7.94. The molecule has 1 aromatic rings. The van der Waals surface area contributed by atoms with E-state index in [2.05, 4.69) is 17.6 Å². The lowest BCUT2D eigenvalue weighted by molar-refractivity contribution is 0.0526. The molecule has 0 bridgehead atoms. The highest BCUT2D eigenvalue weighted by molar-refractivity contribution is 5.92. The molecule has 0 aromatic heterocycles. The van der Waals surface area contributed by atoms with E-state index in [1.54, 1.807) is 31.2 Å². The summed E-state index contributed by atoms with van der Waals surface area (Å²) < 4.78 is 4.90. The number of benzene rings is 1. The summed E-state index contributed by atoms with van der Waals surface area (Å²) in [5.41, 5.74) is 1.12. The van der Waals surface area contributed by atoms with Crippen LogP contribution in [0.4, 0.5) is 10.5 Å². The average molecular weight is 292 g/mol. The molecule has 0 aliphatic rings. The van der Waals surface area contributed by atoms with Crippen LogP contribution in [0, 0.1) is 0 Å². The number of hydrogen-bond donors (Lipinski definition) is 2. The van der Waals surface area contributed by atoms with Gasteiger partial charge in [-0.1, -0.05) is 26.2 Å². The van der Waals surface area contributed by atoms with Crippen molar-refractivity contribution in [3.63, 3.8) is 0 Å². The third-order valence-electron chi connectivity index (χ3n) is 2.97. The average Bonchev–Trinajstić information content (AvgIpc) is 2.48. The first-order valence-corrected chi connectivity index (χ1v) is 7.49. The lowest BCUT2D eigenvalue weighted by Gasteiger charge is -2.08. The summed E-state index contributed by atoms with van der Waals surface area (Å²) in [7, 11) is 0. The molecule has 116 valence electrons. The van der Waals surface area contributed by atoms with Crippen molar-refractivity contribution < 1.29 is 14.3 Å². The number of rotatable bonds is 8. The molecule has 0 aliphatic heterocycles. The summed E-state index contributed by atoms with van der Waals surface area (Å²) in [6, 6.07) is 6.41. The second-order valence-electron chi connectivity index (χ2n) is 4.74. The largest absolute Gasteiger partial charge is 0.462 e. The summed E-state index contributed by atoms with van der Waals surface area (Å²) in [5.74, 6) is -0.357. The summed E-state index contributed by atoms with van der Waals surface area (Å²) in [6.45, 7) is 4.94. The van der Waals surface area contributed by atoms with E-state index in [9.17, 15) is 9.59 Å². The van der Waals surface area contributed by atoms with Gasteiger partial charge < -0.3 is 15.4 Å². The van der Waals surface area contributed by atoms with Gasteiger partial charge in [0.25, 0.3) is 0 Å². The van der Waals surface area contributed by atoms with Gasteiger partial charge in [-0.2, -0.15) is 0 Å². The molecule has 21 heavy (non-hydrogen) atoms. The Hall–Kier alpha value is -2.04. The second kappa shape index (κ2) is 9.80. The predicted molar refractivity (Wildman–Crippen MR) is 83.6 cm³/mol. The standard InChI is InChI=1S/C16H24N2O3/c1-3-5-6-7-12-17-16(20)18-14-10-8-13(9-11-14)15(19)21-4-2/h8-11H,3-7,12H2,1-2H3,(H2,17,18,20). The van der Waals surface area contributed by atoms with E-state index in [1.165, 1.54) is 12.8 Å². The lowest BCUT2D eigenvalue weighted by atomic mass is 10.2. The minimum Gasteiger partial charge on any atom is -0.462 e. The maximum Gasteiger partial charge on any atom is 0.338 e. The number of hydrogen-bond acceptors (Lipinski definition) is 3. The van der Waals surface area contributed by atoms with Crippen LogP contribution in [-0.4, -0.2) is 25.2 Å². The van der Waals surface area contributed by atoms with E-state index in [-0.39, 0.29) is 12.0 Å². The number of anilines is 1. The van der Waals surface area contributed by atoms with Crippen LogP contribution in [-0.2, 0) is 4.74 Å². The molecule has 0 fully saturated rings. The Morgan fingerprint density at radius 2 is 1.76 bits per heavy atom. The Morgan fingerprint density at radius 3 is 2.38 bits per heavy atom. The van der Waals surface area contributed by atoms with Crippen LogP contribution in [0.5, 0.6) is 0 Å². The molecule has 0 heterocycles. The Labute approximate surface area is 126 Å². The van der Waals surface area contributed by atoms with Crippen LogP contribution in [0.1, 0.15) is 49.9 Å². The topological polar surface area (TPSA) is 67.4 Å². The van der Waals surface area contributed by atoms with Gasteiger partial charge >= 0.3 is 12.0 Å². The Morgan fingerprint density at radius 1 is 1.05 bits per heavy atom. The van der Waals surface area contributed by atoms with Crippen molar-refractivity contribution >= 4 is 17.7 Å². The number of unbranched alkanes of at least 4 members (excludes halogenated alkanes) is 3. The number of carbonyl (C=O) groups excluding carboxylic acids is 2.